The summed E-state index contributed by atoms with van der Waals surface area (Å²) in [5, 5.41) is 29.3. The number of hydrogen-bond acceptors (Lipinski definition) is 4. The maximum atomic E-state index is 11.2. The van der Waals surface area contributed by atoms with Crippen molar-refractivity contribution in [3.63, 3.8) is 0 Å². The van der Waals surface area contributed by atoms with Crippen LogP contribution in [0.4, 0.5) is 0 Å². The third-order valence-corrected chi connectivity index (χ3v) is 6.30. The van der Waals surface area contributed by atoms with E-state index in [1.54, 1.807) is 0 Å². The van der Waals surface area contributed by atoms with Crippen molar-refractivity contribution in [1.82, 2.24) is 0 Å². The number of carbonyl (C=O) groups is 3. The highest BCUT2D eigenvalue weighted by Crippen LogP contribution is 2.15. The van der Waals surface area contributed by atoms with Crippen molar-refractivity contribution in [2.45, 2.75) is 116 Å². The number of quaternary nitrogens is 1. The first kappa shape index (κ1) is 32.1. The van der Waals surface area contributed by atoms with Crippen molar-refractivity contribution in [3.05, 3.63) is 12.2 Å². The van der Waals surface area contributed by atoms with Crippen molar-refractivity contribution in [3.8, 4) is 0 Å². The molecule has 0 spiro atoms. The molecule has 34 heavy (non-hydrogen) atoms. The average Bonchev–Trinajstić information content (AvgIpc) is 2.73. The molecule has 0 amide bonds. The van der Waals surface area contributed by atoms with E-state index >= 15 is 0 Å². The van der Waals surface area contributed by atoms with E-state index < -0.39 is 42.0 Å². The van der Waals surface area contributed by atoms with E-state index in [-0.39, 0.29) is 6.54 Å². The first-order valence-electron chi connectivity index (χ1n) is 13.4. The largest absolute Gasteiger partial charge is 0.544 e. The van der Waals surface area contributed by atoms with Gasteiger partial charge in [0.05, 0.1) is 12.5 Å². The highest BCUT2D eigenvalue weighted by molar-refractivity contribution is 5.72. The van der Waals surface area contributed by atoms with Crippen LogP contribution in [0.25, 0.3) is 0 Å². The summed E-state index contributed by atoms with van der Waals surface area (Å²) in [4.78, 5) is 33.4. The predicted molar refractivity (Wildman–Crippen MR) is 133 cm³/mol. The normalized spacial score (nSPS) is 11.8. The van der Waals surface area contributed by atoms with Gasteiger partial charge in [-0.25, -0.2) is 9.59 Å². The zero-order valence-corrected chi connectivity index (χ0v) is 21.5. The Labute approximate surface area is 206 Å². The first-order valence-corrected chi connectivity index (χ1v) is 13.4. The van der Waals surface area contributed by atoms with Crippen LogP contribution in [0.3, 0.4) is 0 Å². The van der Waals surface area contributed by atoms with Gasteiger partial charge in [0.15, 0.2) is 13.1 Å². The van der Waals surface area contributed by atoms with Gasteiger partial charge in [-0.05, 0) is 38.5 Å². The SMILES string of the molecule is CCCCCC/C=C/CCCCCCCCCCCCC[N+](CC(=O)[O-])(CC(=O)O)CC(=O)O. The molecule has 2 N–H and O–H groups in total. The molecule has 198 valence electrons. The summed E-state index contributed by atoms with van der Waals surface area (Å²) in [5.41, 5.74) is 0. The standard InChI is InChI=1S/C27H49NO6/c1-2-3-4-5-6-7-8-9-10-11-12-13-14-15-16-17-18-19-20-21-28(22-25(29)30,23-26(31)32)24-27(33)34/h7-8H,2-6,9-24H2,1H3,(H2-,29,30,31,32,33,34)/b8-7+. The Kier molecular flexibility index (Phi) is 20.4. The van der Waals surface area contributed by atoms with Crippen molar-refractivity contribution in [2.24, 2.45) is 0 Å². The molecule has 0 unspecified atom stereocenters. The van der Waals surface area contributed by atoms with Crippen LogP contribution in [0, 0.1) is 0 Å². The number of rotatable bonds is 25. The zero-order chi connectivity index (χ0) is 25.5. The molecule has 0 atom stereocenters. The molecule has 7 nitrogen and oxygen atoms in total. The Hall–Kier alpha value is -1.89. The number of carboxylic acid groups (broad SMARTS) is 3. The van der Waals surface area contributed by atoms with Crippen LogP contribution in [-0.2, 0) is 14.4 Å². The monoisotopic (exact) mass is 483 g/mol. The van der Waals surface area contributed by atoms with Crippen LogP contribution in [0.2, 0.25) is 0 Å². The molecule has 0 radical (unpaired) electrons. The van der Waals surface area contributed by atoms with Gasteiger partial charge in [-0.1, -0.05) is 89.7 Å². The fourth-order valence-corrected chi connectivity index (χ4v) is 4.48. The average molecular weight is 484 g/mol. The van der Waals surface area contributed by atoms with Gasteiger partial charge in [0.1, 0.15) is 6.54 Å². The minimum atomic E-state index is -1.42. The maximum Gasteiger partial charge on any atom is 0.359 e. The molecular formula is C27H49NO6. The van der Waals surface area contributed by atoms with Gasteiger partial charge >= 0.3 is 11.9 Å². The molecule has 0 rings (SSSR count). The smallest absolute Gasteiger partial charge is 0.359 e. The quantitative estimate of drug-likeness (QED) is 0.108. The number of hydrogen-bond donors (Lipinski definition) is 2. The minimum absolute atomic E-state index is 0.223. The summed E-state index contributed by atoms with van der Waals surface area (Å²) in [7, 11) is 0. The van der Waals surface area contributed by atoms with Crippen LogP contribution in [0.1, 0.15) is 116 Å². The number of unbranched alkanes of at least 4 members (excludes halogenated alkanes) is 15. The highest BCUT2D eigenvalue weighted by Gasteiger charge is 2.33. The topological polar surface area (TPSA) is 115 Å². The molecule has 0 saturated carbocycles. The lowest BCUT2D eigenvalue weighted by molar-refractivity contribution is -0.909. The third-order valence-electron chi connectivity index (χ3n) is 6.30. The minimum Gasteiger partial charge on any atom is -0.544 e. The van der Waals surface area contributed by atoms with Gasteiger partial charge in [-0.3, -0.25) is 0 Å². The predicted octanol–water partition coefficient (Wildman–Crippen LogP) is 4.93. The zero-order valence-electron chi connectivity index (χ0n) is 21.5. The van der Waals surface area contributed by atoms with Gasteiger partial charge < -0.3 is 24.6 Å². The van der Waals surface area contributed by atoms with Crippen LogP contribution < -0.4 is 5.11 Å². The van der Waals surface area contributed by atoms with E-state index in [2.05, 4.69) is 19.1 Å². The lowest BCUT2D eigenvalue weighted by Crippen LogP contribution is -2.59. The lowest BCUT2D eigenvalue weighted by atomic mass is 10.0. The number of carboxylic acids is 3. The molecule has 0 aromatic rings. The van der Waals surface area contributed by atoms with Crippen LogP contribution >= 0.6 is 0 Å². The van der Waals surface area contributed by atoms with Gasteiger partial charge in [0.25, 0.3) is 0 Å². The maximum absolute atomic E-state index is 11.2. The number of nitrogens with zero attached hydrogens (tertiary/aromatic N) is 1. The van der Waals surface area contributed by atoms with Gasteiger partial charge in [-0.2, -0.15) is 0 Å². The highest BCUT2D eigenvalue weighted by atomic mass is 16.4. The molecule has 7 heteroatoms. The Morgan fingerprint density at radius 3 is 1.38 bits per heavy atom. The Bertz CT molecular complexity index is 535. The molecule has 0 heterocycles. The fraction of sp³-hybridized carbons (Fsp3) is 0.815. The van der Waals surface area contributed by atoms with E-state index in [1.807, 2.05) is 0 Å². The molecule has 0 aliphatic heterocycles. The van der Waals surface area contributed by atoms with Crippen molar-refractivity contribution in [1.29, 1.82) is 0 Å². The van der Waals surface area contributed by atoms with Crippen LogP contribution in [0.15, 0.2) is 12.2 Å². The lowest BCUT2D eigenvalue weighted by Gasteiger charge is -2.36. The summed E-state index contributed by atoms with van der Waals surface area (Å²) >= 11 is 0. The number of aliphatic carboxylic acids is 3. The molecule has 0 bridgehead atoms. The second kappa shape index (κ2) is 21.6. The molecule has 0 aliphatic carbocycles. The molecule has 0 aromatic heterocycles. The number of allylic oxidation sites excluding steroid dienone is 2. The first-order chi connectivity index (χ1) is 16.3. The third kappa shape index (κ3) is 20.7. The van der Waals surface area contributed by atoms with Crippen molar-refractivity contribution < 1.29 is 34.2 Å². The fourth-order valence-electron chi connectivity index (χ4n) is 4.48. The van der Waals surface area contributed by atoms with E-state index in [0.717, 1.165) is 19.3 Å². The van der Waals surface area contributed by atoms with Gasteiger partial charge in [0.2, 0.25) is 0 Å². The van der Waals surface area contributed by atoms with Crippen molar-refractivity contribution >= 4 is 17.9 Å². The van der Waals surface area contributed by atoms with Crippen LogP contribution in [-0.4, -0.2) is 58.8 Å². The number of carbonyl (C=O) groups excluding carboxylic acids is 1. The Balaban J connectivity index is 3.75. The second-order valence-electron chi connectivity index (χ2n) is 9.70. The van der Waals surface area contributed by atoms with Crippen LogP contribution in [0.5, 0.6) is 0 Å². The molecule has 0 fully saturated rings. The second-order valence-corrected chi connectivity index (χ2v) is 9.70. The molecule has 0 saturated heterocycles. The van der Waals surface area contributed by atoms with E-state index in [4.69, 9.17) is 10.2 Å². The Morgan fingerprint density at radius 2 is 1.00 bits per heavy atom. The van der Waals surface area contributed by atoms with E-state index in [0.29, 0.717) is 6.42 Å². The summed E-state index contributed by atoms with van der Waals surface area (Å²) in [6.07, 6.45) is 24.8. The van der Waals surface area contributed by atoms with E-state index in [9.17, 15) is 19.5 Å². The van der Waals surface area contributed by atoms with Gasteiger partial charge in [0, 0.05) is 0 Å². The summed E-state index contributed by atoms with van der Waals surface area (Å²) in [6.45, 7) is 0.839. The van der Waals surface area contributed by atoms with E-state index in [1.165, 1.54) is 83.5 Å². The Morgan fingerprint density at radius 1 is 0.618 bits per heavy atom. The molecule has 0 aliphatic rings. The summed E-state index contributed by atoms with van der Waals surface area (Å²) in [6, 6.07) is 0. The summed E-state index contributed by atoms with van der Waals surface area (Å²) in [5.74, 6) is -3.81. The van der Waals surface area contributed by atoms with Crippen molar-refractivity contribution in [2.75, 3.05) is 26.2 Å². The molecule has 0 aromatic carbocycles. The molecular weight excluding hydrogens is 434 g/mol. The summed E-state index contributed by atoms with van der Waals surface area (Å²) < 4.78 is -0.498. The van der Waals surface area contributed by atoms with Gasteiger partial charge in [-0.15, -0.1) is 0 Å².